The molecule has 0 bridgehead atoms. The third kappa shape index (κ3) is 3.35. The Bertz CT molecular complexity index is 800. The molecule has 0 aliphatic carbocycles. The topological polar surface area (TPSA) is 86.6 Å². The van der Waals surface area contributed by atoms with Crippen LogP contribution in [0.5, 0.6) is 0 Å². The second-order valence-corrected chi connectivity index (χ2v) is 5.89. The molecule has 0 saturated carbocycles. The summed E-state index contributed by atoms with van der Waals surface area (Å²) in [6.07, 6.45) is 3.48. The number of hydrogen-bond acceptors (Lipinski definition) is 4. The number of carbonyl (C=O) groups excluding carboxylic acids is 2. The third-order valence-electron chi connectivity index (χ3n) is 3.91. The van der Waals surface area contributed by atoms with Crippen LogP contribution >= 0.6 is 11.6 Å². The minimum atomic E-state index is -0.431. The van der Waals surface area contributed by atoms with Gasteiger partial charge in [0.25, 0.3) is 17.4 Å². The van der Waals surface area contributed by atoms with E-state index in [1.54, 1.807) is 21.9 Å². The fourth-order valence-corrected chi connectivity index (χ4v) is 2.81. The zero-order chi connectivity index (χ0) is 17.1. The van der Waals surface area contributed by atoms with Gasteiger partial charge in [0.2, 0.25) is 0 Å². The summed E-state index contributed by atoms with van der Waals surface area (Å²) in [6, 6.07) is 4.65. The highest BCUT2D eigenvalue weighted by atomic mass is 35.5. The summed E-state index contributed by atoms with van der Waals surface area (Å²) in [7, 11) is 0. The zero-order valence-corrected chi connectivity index (χ0v) is 13.6. The molecule has 1 fully saturated rings. The lowest BCUT2D eigenvalue weighted by Gasteiger charge is -2.21. The third-order valence-corrected chi connectivity index (χ3v) is 4.19. The van der Waals surface area contributed by atoms with Crippen LogP contribution < -0.4 is 5.56 Å². The number of aromatic nitrogens is 1. The van der Waals surface area contributed by atoms with Crippen molar-refractivity contribution in [2.24, 2.45) is 0 Å². The predicted octanol–water partition coefficient (Wildman–Crippen LogP) is 1.61. The van der Waals surface area contributed by atoms with E-state index in [1.807, 2.05) is 0 Å². The van der Waals surface area contributed by atoms with Crippen LogP contribution in [0.25, 0.3) is 0 Å². The number of nitrogens with one attached hydrogen (secondary N) is 1. The molecule has 3 heterocycles. The first-order chi connectivity index (χ1) is 11.6. The highest BCUT2D eigenvalue weighted by Crippen LogP contribution is 2.13. The van der Waals surface area contributed by atoms with E-state index in [-0.39, 0.29) is 16.8 Å². The summed E-state index contributed by atoms with van der Waals surface area (Å²) in [5.41, 5.74) is -0.107. The van der Waals surface area contributed by atoms with Gasteiger partial charge in [-0.3, -0.25) is 14.4 Å². The van der Waals surface area contributed by atoms with Crippen LogP contribution in [-0.2, 0) is 0 Å². The van der Waals surface area contributed by atoms with Crippen molar-refractivity contribution in [2.75, 3.05) is 26.2 Å². The number of furan rings is 1. The van der Waals surface area contributed by atoms with Gasteiger partial charge < -0.3 is 19.2 Å². The molecule has 126 valence electrons. The maximum Gasteiger partial charge on any atom is 0.289 e. The fraction of sp³-hybridized carbons (Fsp3) is 0.312. The summed E-state index contributed by atoms with van der Waals surface area (Å²) in [6.45, 7) is 1.90. The molecule has 1 aliphatic rings. The van der Waals surface area contributed by atoms with Crippen molar-refractivity contribution in [3.63, 3.8) is 0 Å². The summed E-state index contributed by atoms with van der Waals surface area (Å²) >= 11 is 5.77. The smallest absolute Gasteiger partial charge is 0.289 e. The van der Waals surface area contributed by atoms with Gasteiger partial charge in [-0.2, -0.15) is 0 Å². The number of nitrogens with zero attached hydrogens (tertiary/aromatic N) is 2. The summed E-state index contributed by atoms with van der Waals surface area (Å²) in [5, 5.41) is -0.0229. The molecule has 7 nitrogen and oxygen atoms in total. The summed E-state index contributed by atoms with van der Waals surface area (Å²) in [5.74, 6) is -0.107. The molecular formula is C16H16ClN3O4. The van der Waals surface area contributed by atoms with Gasteiger partial charge in [0.15, 0.2) is 5.76 Å². The van der Waals surface area contributed by atoms with Gasteiger partial charge in [-0.25, -0.2) is 0 Å². The molecule has 1 saturated heterocycles. The first kappa shape index (κ1) is 16.3. The number of rotatable bonds is 2. The number of pyridine rings is 1. The van der Waals surface area contributed by atoms with Crippen molar-refractivity contribution >= 4 is 23.4 Å². The number of carbonyl (C=O) groups is 2. The Morgan fingerprint density at radius 1 is 1.12 bits per heavy atom. The van der Waals surface area contributed by atoms with Crippen molar-refractivity contribution < 1.29 is 14.0 Å². The molecule has 1 aliphatic heterocycles. The average Bonchev–Trinajstić information content (AvgIpc) is 3.00. The highest BCUT2D eigenvalue weighted by molar-refractivity contribution is 6.30. The van der Waals surface area contributed by atoms with E-state index in [4.69, 9.17) is 16.0 Å². The quantitative estimate of drug-likeness (QED) is 0.892. The summed E-state index contributed by atoms with van der Waals surface area (Å²) < 4.78 is 5.14. The van der Waals surface area contributed by atoms with Gasteiger partial charge in [-0.05, 0) is 24.6 Å². The van der Waals surface area contributed by atoms with E-state index >= 15 is 0 Å². The Kier molecular flexibility index (Phi) is 4.71. The second kappa shape index (κ2) is 6.92. The minimum Gasteiger partial charge on any atom is -0.459 e. The Morgan fingerprint density at radius 2 is 1.83 bits per heavy atom. The van der Waals surface area contributed by atoms with Gasteiger partial charge in [-0.1, -0.05) is 11.6 Å². The molecule has 0 radical (unpaired) electrons. The number of hydrogen-bond donors (Lipinski definition) is 1. The molecule has 8 heteroatoms. The summed E-state index contributed by atoms with van der Waals surface area (Å²) in [4.78, 5) is 41.9. The normalized spacial score (nSPS) is 15.2. The van der Waals surface area contributed by atoms with Crippen LogP contribution in [0.1, 0.15) is 27.3 Å². The Balaban J connectivity index is 1.68. The van der Waals surface area contributed by atoms with Crippen LogP contribution in [0.4, 0.5) is 0 Å². The van der Waals surface area contributed by atoms with Crippen LogP contribution in [0.2, 0.25) is 5.02 Å². The predicted molar refractivity (Wildman–Crippen MR) is 87.2 cm³/mol. The van der Waals surface area contributed by atoms with Crippen LogP contribution in [-0.4, -0.2) is 52.8 Å². The molecule has 0 spiro atoms. The van der Waals surface area contributed by atoms with Gasteiger partial charge >= 0.3 is 0 Å². The van der Waals surface area contributed by atoms with Gasteiger partial charge in [0.05, 0.1) is 11.8 Å². The monoisotopic (exact) mass is 349 g/mol. The Hall–Kier alpha value is -2.54. The van der Waals surface area contributed by atoms with Crippen molar-refractivity contribution in [1.82, 2.24) is 14.8 Å². The van der Waals surface area contributed by atoms with Gasteiger partial charge in [-0.15, -0.1) is 0 Å². The fourth-order valence-electron chi connectivity index (χ4n) is 2.64. The standard InChI is InChI=1S/C16H16ClN3O4/c17-12-9-11(10-18-14(12)21)15(22)19-4-2-5-20(7-6-19)16(23)13-3-1-8-24-13/h1,3,8-10H,2,4-7H2,(H,18,21). The first-order valence-corrected chi connectivity index (χ1v) is 7.94. The molecule has 24 heavy (non-hydrogen) atoms. The van der Waals surface area contributed by atoms with E-state index in [2.05, 4.69) is 4.98 Å². The lowest BCUT2D eigenvalue weighted by molar-refractivity contribution is 0.0700. The molecule has 1 N–H and O–H groups in total. The van der Waals surface area contributed by atoms with E-state index < -0.39 is 5.56 Å². The maximum absolute atomic E-state index is 12.5. The molecule has 0 aromatic carbocycles. The highest BCUT2D eigenvalue weighted by Gasteiger charge is 2.24. The lowest BCUT2D eigenvalue weighted by Crippen LogP contribution is -2.37. The largest absolute Gasteiger partial charge is 0.459 e. The van der Waals surface area contributed by atoms with E-state index in [9.17, 15) is 14.4 Å². The number of aromatic amines is 1. The van der Waals surface area contributed by atoms with E-state index in [1.165, 1.54) is 18.5 Å². The second-order valence-electron chi connectivity index (χ2n) is 5.48. The molecule has 2 amide bonds. The van der Waals surface area contributed by atoms with Crippen molar-refractivity contribution in [3.05, 3.63) is 57.4 Å². The number of amides is 2. The molecule has 2 aromatic rings. The van der Waals surface area contributed by atoms with Crippen molar-refractivity contribution in [1.29, 1.82) is 0 Å². The van der Waals surface area contributed by atoms with Gasteiger partial charge in [0, 0.05) is 32.4 Å². The van der Waals surface area contributed by atoms with E-state index in [0.717, 1.165) is 0 Å². The molecule has 2 aromatic heterocycles. The number of H-pyrrole nitrogens is 1. The first-order valence-electron chi connectivity index (χ1n) is 7.56. The Morgan fingerprint density at radius 3 is 2.46 bits per heavy atom. The van der Waals surface area contributed by atoms with Crippen LogP contribution in [0.15, 0.2) is 39.9 Å². The lowest BCUT2D eigenvalue weighted by atomic mass is 10.2. The van der Waals surface area contributed by atoms with Crippen molar-refractivity contribution in [2.45, 2.75) is 6.42 Å². The van der Waals surface area contributed by atoms with Crippen LogP contribution in [0.3, 0.4) is 0 Å². The maximum atomic E-state index is 12.5. The molecule has 0 unspecified atom stereocenters. The van der Waals surface area contributed by atoms with Crippen LogP contribution in [0, 0.1) is 0 Å². The zero-order valence-electron chi connectivity index (χ0n) is 12.8. The minimum absolute atomic E-state index is 0.0229. The van der Waals surface area contributed by atoms with Crippen molar-refractivity contribution in [3.8, 4) is 0 Å². The average molecular weight is 350 g/mol. The molecular weight excluding hydrogens is 334 g/mol. The molecule has 0 atom stereocenters. The number of halogens is 1. The van der Waals surface area contributed by atoms with E-state index in [0.29, 0.717) is 43.9 Å². The Labute approximate surface area is 142 Å². The SMILES string of the molecule is O=C(c1c[nH]c(=O)c(Cl)c1)N1CCCN(C(=O)c2ccco2)CC1. The molecule has 3 rings (SSSR count). The van der Waals surface area contributed by atoms with Gasteiger partial charge in [0.1, 0.15) is 5.02 Å².